The molecule has 3 heteroatoms. The smallest absolute Gasteiger partial charge is 0.123 e. The summed E-state index contributed by atoms with van der Waals surface area (Å²) >= 11 is 0. The Balaban J connectivity index is 2.26. The fraction of sp³-hybridized carbons (Fsp3) is 0.455. The van der Waals surface area contributed by atoms with Gasteiger partial charge < -0.3 is 10.8 Å². The van der Waals surface area contributed by atoms with Crippen LogP contribution < -0.4 is 5.73 Å². The third-order valence-electron chi connectivity index (χ3n) is 2.91. The third kappa shape index (κ3) is 1.65. The zero-order valence-electron chi connectivity index (χ0n) is 7.91. The van der Waals surface area contributed by atoms with Crippen molar-refractivity contribution in [2.75, 3.05) is 0 Å². The van der Waals surface area contributed by atoms with Gasteiger partial charge in [0.2, 0.25) is 0 Å². The van der Waals surface area contributed by atoms with Gasteiger partial charge in [-0.25, -0.2) is 4.39 Å². The van der Waals surface area contributed by atoms with Crippen molar-refractivity contribution < 1.29 is 9.50 Å². The fourth-order valence-corrected chi connectivity index (χ4v) is 2.08. The molecule has 1 fully saturated rings. The minimum Gasteiger partial charge on any atom is -0.385 e. The van der Waals surface area contributed by atoms with E-state index in [1.807, 2.05) is 0 Å². The molecular weight excluding hydrogens is 181 g/mol. The van der Waals surface area contributed by atoms with Crippen molar-refractivity contribution in [1.29, 1.82) is 0 Å². The predicted octanol–water partition coefficient (Wildman–Crippen LogP) is 1.52. The van der Waals surface area contributed by atoms with E-state index < -0.39 is 5.60 Å². The summed E-state index contributed by atoms with van der Waals surface area (Å²) in [5.41, 5.74) is 5.67. The first-order valence-corrected chi connectivity index (χ1v) is 4.84. The number of rotatable bonds is 1. The quantitative estimate of drug-likeness (QED) is 0.713. The van der Waals surface area contributed by atoms with Crippen molar-refractivity contribution in [3.05, 3.63) is 35.6 Å². The standard InChI is InChI=1S/C11H14FNO/c12-9-3-1-8(2-4-9)11(14)6-5-10(13)7-11/h1-4,10,14H,5-7,13H2. The second kappa shape index (κ2) is 3.33. The monoisotopic (exact) mass is 195 g/mol. The van der Waals surface area contributed by atoms with E-state index in [9.17, 15) is 9.50 Å². The average molecular weight is 195 g/mol. The highest BCUT2D eigenvalue weighted by atomic mass is 19.1. The molecule has 2 unspecified atom stereocenters. The number of halogens is 1. The lowest BCUT2D eigenvalue weighted by Crippen LogP contribution is -2.25. The lowest BCUT2D eigenvalue weighted by molar-refractivity contribution is 0.0430. The molecule has 1 aromatic carbocycles. The van der Waals surface area contributed by atoms with Crippen molar-refractivity contribution >= 4 is 0 Å². The summed E-state index contributed by atoms with van der Waals surface area (Å²) in [5.74, 6) is -0.278. The van der Waals surface area contributed by atoms with E-state index in [4.69, 9.17) is 5.73 Å². The highest BCUT2D eigenvalue weighted by Gasteiger charge is 2.36. The summed E-state index contributed by atoms with van der Waals surface area (Å²) < 4.78 is 12.7. The van der Waals surface area contributed by atoms with E-state index in [2.05, 4.69) is 0 Å². The van der Waals surface area contributed by atoms with E-state index in [0.29, 0.717) is 12.8 Å². The molecule has 14 heavy (non-hydrogen) atoms. The Morgan fingerprint density at radius 2 is 2.00 bits per heavy atom. The highest BCUT2D eigenvalue weighted by molar-refractivity contribution is 5.24. The zero-order chi connectivity index (χ0) is 10.2. The van der Waals surface area contributed by atoms with Crippen molar-refractivity contribution in [1.82, 2.24) is 0 Å². The summed E-state index contributed by atoms with van der Waals surface area (Å²) in [6.45, 7) is 0. The van der Waals surface area contributed by atoms with Crippen LogP contribution in [0.3, 0.4) is 0 Å². The van der Waals surface area contributed by atoms with E-state index in [-0.39, 0.29) is 11.9 Å². The van der Waals surface area contributed by atoms with Crippen molar-refractivity contribution in [2.45, 2.75) is 30.9 Å². The van der Waals surface area contributed by atoms with Gasteiger partial charge in [-0.1, -0.05) is 12.1 Å². The van der Waals surface area contributed by atoms with Gasteiger partial charge >= 0.3 is 0 Å². The van der Waals surface area contributed by atoms with Gasteiger partial charge in [-0.15, -0.1) is 0 Å². The SMILES string of the molecule is NC1CCC(O)(c2ccc(F)cc2)C1. The molecule has 76 valence electrons. The van der Waals surface area contributed by atoms with Gasteiger partial charge in [-0.3, -0.25) is 0 Å². The van der Waals surface area contributed by atoms with Crippen molar-refractivity contribution in [2.24, 2.45) is 5.73 Å². The Morgan fingerprint density at radius 1 is 1.36 bits per heavy atom. The molecule has 0 bridgehead atoms. The molecule has 2 rings (SSSR count). The maximum Gasteiger partial charge on any atom is 0.123 e. The van der Waals surface area contributed by atoms with Crippen molar-refractivity contribution in [3.63, 3.8) is 0 Å². The molecule has 0 aromatic heterocycles. The third-order valence-corrected chi connectivity index (χ3v) is 2.91. The number of nitrogens with two attached hydrogens (primary N) is 1. The maximum absolute atomic E-state index is 12.7. The molecule has 0 heterocycles. The Labute approximate surface area is 82.5 Å². The Hall–Kier alpha value is -0.930. The van der Waals surface area contributed by atoms with E-state index in [1.165, 1.54) is 12.1 Å². The second-order valence-electron chi connectivity index (χ2n) is 4.04. The van der Waals surface area contributed by atoms with Crippen LogP contribution in [0.5, 0.6) is 0 Å². The highest BCUT2D eigenvalue weighted by Crippen LogP contribution is 2.37. The number of hydrogen-bond acceptors (Lipinski definition) is 2. The second-order valence-corrected chi connectivity index (χ2v) is 4.04. The van der Waals surface area contributed by atoms with Gasteiger partial charge in [0.05, 0.1) is 5.60 Å². The van der Waals surface area contributed by atoms with Crippen molar-refractivity contribution in [3.8, 4) is 0 Å². The molecule has 0 amide bonds. The van der Waals surface area contributed by atoms with Gasteiger partial charge in [0.25, 0.3) is 0 Å². The van der Waals surface area contributed by atoms with Crippen LogP contribution >= 0.6 is 0 Å². The predicted molar refractivity (Wildman–Crippen MR) is 52.1 cm³/mol. The van der Waals surface area contributed by atoms with E-state index in [0.717, 1.165) is 12.0 Å². The Kier molecular flexibility index (Phi) is 2.29. The molecule has 1 saturated carbocycles. The van der Waals surface area contributed by atoms with Crippen LogP contribution in [0.2, 0.25) is 0 Å². The summed E-state index contributed by atoms with van der Waals surface area (Å²) in [6, 6.07) is 6.07. The Morgan fingerprint density at radius 3 is 2.50 bits per heavy atom. The van der Waals surface area contributed by atoms with E-state index >= 15 is 0 Å². The molecule has 0 aliphatic heterocycles. The molecule has 3 N–H and O–H groups in total. The van der Waals surface area contributed by atoms with Gasteiger partial charge in [-0.05, 0) is 37.0 Å². The van der Waals surface area contributed by atoms with Crippen LogP contribution in [0, 0.1) is 5.82 Å². The Bertz CT molecular complexity index is 325. The van der Waals surface area contributed by atoms with Crippen LogP contribution in [0.25, 0.3) is 0 Å². The van der Waals surface area contributed by atoms with Gasteiger partial charge in [0.1, 0.15) is 5.82 Å². The molecule has 2 atom stereocenters. The van der Waals surface area contributed by atoms with Crippen LogP contribution in [0.4, 0.5) is 4.39 Å². The summed E-state index contributed by atoms with van der Waals surface area (Å²) in [7, 11) is 0. The number of benzene rings is 1. The summed E-state index contributed by atoms with van der Waals surface area (Å²) in [4.78, 5) is 0. The maximum atomic E-state index is 12.7. The molecule has 0 spiro atoms. The molecule has 1 aromatic rings. The number of hydrogen-bond donors (Lipinski definition) is 2. The minimum absolute atomic E-state index is 0.0602. The molecule has 2 nitrogen and oxygen atoms in total. The molecule has 0 saturated heterocycles. The van der Waals surface area contributed by atoms with Gasteiger partial charge in [0, 0.05) is 6.04 Å². The first-order valence-electron chi connectivity index (χ1n) is 4.84. The van der Waals surface area contributed by atoms with Crippen LogP contribution in [-0.4, -0.2) is 11.1 Å². The lowest BCUT2D eigenvalue weighted by atomic mass is 9.92. The fourth-order valence-electron chi connectivity index (χ4n) is 2.08. The summed E-state index contributed by atoms with van der Waals surface area (Å²) in [6.07, 6.45) is 2.06. The first-order chi connectivity index (χ1) is 6.60. The van der Waals surface area contributed by atoms with E-state index in [1.54, 1.807) is 12.1 Å². The summed E-state index contributed by atoms with van der Waals surface area (Å²) in [5, 5.41) is 10.2. The zero-order valence-corrected chi connectivity index (χ0v) is 7.91. The van der Waals surface area contributed by atoms with Gasteiger partial charge in [0.15, 0.2) is 0 Å². The number of aliphatic hydroxyl groups is 1. The van der Waals surface area contributed by atoms with Crippen LogP contribution in [-0.2, 0) is 5.60 Å². The normalized spacial score (nSPS) is 32.1. The molecular formula is C11H14FNO. The van der Waals surface area contributed by atoms with Crippen LogP contribution in [0.15, 0.2) is 24.3 Å². The minimum atomic E-state index is -0.840. The molecule has 1 aliphatic rings. The average Bonchev–Trinajstić information content (AvgIpc) is 2.48. The first kappa shape index (κ1) is 9.62. The molecule has 1 aliphatic carbocycles. The largest absolute Gasteiger partial charge is 0.385 e. The molecule has 0 radical (unpaired) electrons. The van der Waals surface area contributed by atoms with Gasteiger partial charge in [-0.2, -0.15) is 0 Å². The lowest BCUT2D eigenvalue weighted by Gasteiger charge is -2.22. The van der Waals surface area contributed by atoms with Crippen LogP contribution in [0.1, 0.15) is 24.8 Å². The topological polar surface area (TPSA) is 46.2 Å².